The topological polar surface area (TPSA) is 83.2 Å². The second-order valence-electron chi connectivity index (χ2n) is 6.61. The molecule has 0 saturated carbocycles. The van der Waals surface area contributed by atoms with E-state index in [1.165, 1.54) is 19.4 Å². The summed E-state index contributed by atoms with van der Waals surface area (Å²) in [5.41, 5.74) is 6.17. The summed E-state index contributed by atoms with van der Waals surface area (Å²) < 4.78 is 5.35. The van der Waals surface area contributed by atoms with Crippen LogP contribution >= 0.6 is 24.0 Å². The van der Waals surface area contributed by atoms with Crippen LogP contribution in [0, 0.1) is 0 Å². The molecule has 3 N–H and O–H groups in total. The van der Waals surface area contributed by atoms with Gasteiger partial charge in [-0.15, -0.1) is 24.0 Å². The Bertz CT molecular complexity index is 626. The van der Waals surface area contributed by atoms with Crippen LogP contribution in [-0.4, -0.2) is 68.0 Å². The number of benzene rings is 1. The molecule has 1 aliphatic heterocycles. The first-order chi connectivity index (χ1) is 12.5. The molecule has 1 atom stereocenters. The van der Waals surface area contributed by atoms with Crippen LogP contribution in [0.15, 0.2) is 29.3 Å². The highest BCUT2D eigenvalue weighted by Crippen LogP contribution is 2.17. The number of nitrogens with zero attached hydrogens (tertiary/aromatic N) is 3. The minimum Gasteiger partial charge on any atom is -0.484 e. The molecule has 0 bridgehead atoms. The molecular formula is C19H32IN5O2. The Labute approximate surface area is 179 Å². The van der Waals surface area contributed by atoms with Gasteiger partial charge in [-0.2, -0.15) is 0 Å². The third-order valence-electron chi connectivity index (χ3n) is 4.69. The first kappa shape index (κ1) is 23.5. The Morgan fingerprint density at radius 2 is 2.26 bits per heavy atom. The number of carbonyl (C=O) groups is 1. The summed E-state index contributed by atoms with van der Waals surface area (Å²) in [6.07, 6.45) is 2.52. The molecule has 1 fully saturated rings. The standard InChI is InChI=1S/C19H31N5O2.HI/c1-4-24-10-6-8-16(24)13-23(3)19(21-2)22-12-15-7-5-9-17(11-15)26-14-18(20)25;/h5,7,9,11,16H,4,6,8,10,12-14H2,1-3H3,(H2,20,25)(H,21,22);1H. The number of hydrogen-bond acceptors (Lipinski definition) is 4. The summed E-state index contributed by atoms with van der Waals surface area (Å²) in [6, 6.07) is 8.21. The monoisotopic (exact) mass is 489 g/mol. The van der Waals surface area contributed by atoms with Crippen molar-refractivity contribution in [3.05, 3.63) is 29.8 Å². The molecule has 0 radical (unpaired) electrons. The lowest BCUT2D eigenvalue weighted by Crippen LogP contribution is -2.45. The van der Waals surface area contributed by atoms with Crippen LogP contribution in [-0.2, 0) is 11.3 Å². The number of carbonyl (C=O) groups excluding carboxylic acids is 1. The fraction of sp³-hybridized carbons (Fsp3) is 0.579. The molecule has 0 aliphatic carbocycles. The lowest BCUT2D eigenvalue weighted by atomic mass is 10.2. The van der Waals surface area contributed by atoms with E-state index in [0.717, 1.165) is 24.6 Å². The molecule has 1 unspecified atom stereocenters. The maximum absolute atomic E-state index is 10.8. The van der Waals surface area contributed by atoms with E-state index in [9.17, 15) is 4.79 Å². The van der Waals surface area contributed by atoms with Crippen molar-refractivity contribution in [2.24, 2.45) is 10.7 Å². The smallest absolute Gasteiger partial charge is 0.255 e. The third kappa shape index (κ3) is 7.53. The summed E-state index contributed by atoms with van der Waals surface area (Å²) in [6.45, 7) is 6.00. The average molecular weight is 489 g/mol. The van der Waals surface area contributed by atoms with Crippen LogP contribution in [0.1, 0.15) is 25.3 Å². The van der Waals surface area contributed by atoms with Crippen LogP contribution in [0.2, 0.25) is 0 Å². The molecule has 2 rings (SSSR count). The summed E-state index contributed by atoms with van der Waals surface area (Å²) in [7, 11) is 3.88. The molecule has 7 nitrogen and oxygen atoms in total. The maximum Gasteiger partial charge on any atom is 0.255 e. The van der Waals surface area contributed by atoms with E-state index in [2.05, 4.69) is 34.1 Å². The Morgan fingerprint density at radius 1 is 1.48 bits per heavy atom. The normalized spacial score (nSPS) is 17.3. The van der Waals surface area contributed by atoms with Gasteiger partial charge in [0.25, 0.3) is 5.91 Å². The van der Waals surface area contributed by atoms with Crippen molar-refractivity contribution in [3.63, 3.8) is 0 Å². The first-order valence-corrected chi connectivity index (χ1v) is 9.19. The molecule has 152 valence electrons. The highest BCUT2D eigenvalue weighted by molar-refractivity contribution is 14.0. The Hall–Kier alpha value is -1.55. The van der Waals surface area contributed by atoms with E-state index in [-0.39, 0.29) is 30.6 Å². The number of guanidine groups is 1. The SMILES string of the molecule is CCN1CCCC1CN(C)C(=NC)NCc1cccc(OCC(N)=O)c1.I. The fourth-order valence-corrected chi connectivity index (χ4v) is 3.39. The zero-order chi connectivity index (χ0) is 18.9. The molecule has 1 saturated heterocycles. The first-order valence-electron chi connectivity index (χ1n) is 9.19. The number of likely N-dealkylation sites (N-methyl/N-ethyl adjacent to an activating group) is 2. The number of aliphatic imine (C=N–C) groups is 1. The van der Waals surface area contributed by atoms with Crippen LogP contribution in [0.4, 0.5) is 0 Å². The quantitative estimate of drug-likeness (QED) is 0.330. The number of primary amides is 1. The molecular weight excluding hydrogens is 457 g/mol. The number of rotatable bonds is 8. The summed E-state index contributed by atoms with van der Waals surface area (Å²) >= 11 is 0. The van der Waals surface area contributed by atoms with Gasteiger partial charge in [-0.3, -0.25) is 14.7 Å². The van der Waals surface area contributed by atoms with E-state index in [4.69, 9.17) is 10.5 Å². The van der Waals surface area contributed by atoms with E-state index in [0.29, 0.717) is 18.3 Å². The van der Waals surface area contributed by atoms with E-state index >= 15 is 0 Å². The minimum atomic E-state index is -0.483. The van der Waals surface area contributed by atoms with Gasteiger partial charge < -0.3 is 20.7 Å². The summed E-state index contributed by atoms with van der Waals surface area (Å²) in [5, 5.41) is 3.39. The summed E-state index contributed by atoms with van der Waals surface area (Å²) in [5.74, 6) is 1.02. The van der Waals surface area contributed by atoms with Crippen molar-refractivity contribution < 1.29 is 9.53 Å². The van der Waals surface area contributed by atoms with Crippen molar-refractivity contribution in [2.75, 3.05) is 40.3 Å². The highest BCUT2D eigenvalue weighted by Gasteiger charge is 2.24. The molecule has 0 spiro atoms. The van der Waals surface area contributed by atoms with Gasteiger partial charge in [0.1, 0.15) is 5.75 Å². The number of amides is 1. The second kappa shape index (κ2) is 12.0. The zero-order valence-corrected chi connectivity index (χ0v) is 18.8. The minimum absolute atomic E-state index is 0. The molecule has 1 heterocycles. The van der Waals surface area contributed by atoms with E-state index < -0.39 is 5.91 Å². The largest absolute Gasteiger partial charge is 0.484 e. The fourth-order valence-electron chi connectivity index (χ4n) is 3.39. The Balaban J connectivity index is 0.00000364. The number of likely N-dealkylation sites (tertiary alicyclic amines) is 1. The number of nitrogens with two attached hydrogens (primary N) is 1. The Kier molecular flexibility index (Phi) is 10.5. The molecule has 8 heteroatoms. The van der Waals surface area contributed by atoms with Crippen LogP contribution in [0.5, 0.6) is 5.75 Å². The van der Waals surface area contributed by atoms with Gasteiger partial charge in [-0.25, -0.2) is 0 Å². The molecule has 1 aliphatic rings. The predicted molar refractivity (Wildman–Crippen MR) is 120 cm³/mol. The molecule has 1 aromatic rings. The molecule has 0 aromatic heterocycles. The van der Waals surface area contributed by atoms with Crippen LogP contribution in [0.25, 0.3) is 0 Å². The van der Waals surface area contributed by atoms with Crippen molar-refractivity contribution in [3.8, 4) is 5.75 Å². The number of ether oxygens (including phenoxy) is 1. The van der Waals surface area contributed by atoms with E-state index in [1.54, 1.807) is 7.05 Å². The van der Waals surface area contributed by atoms with Gasteiger partial charge in [0.05, 0.1) is 0 Å². The van der Waals surface area contributed by atoms with E-state index in [1.807, 2.05) is 24.3 Å². The molecule has 1 amide bonds. The van der Waals surface area contributed by atoms with Crippen molar-refractivity contribution in [2.45, 2.75) is 32.4 Å². The highest BCUT2D eigenvalue weighted by atomic mass is 127. The van der Waals surface area contributed by atoms with Crippen molar-refractivity contribution >= 4 is 35.8 Å². The van der Waals surface area contributed by atoms with Gasteiger partial charge in [0, 0.05) is 33.2 Å². The Morgan fingerprint density at radius 3 is 2.93 bits per heavy atom. The summed E-state index contributed by atoms with van der Waals surface area (Å²) in [4.78, 5) is 19.9. The third-order valence-corrected chi connectivity index (χ3v) is 4.69. The van der Waals surface area contributed by atoms with Gasteiger partial charge >= 0.3 is 0 Å². The van der Waals surface area contributed by atoms with Crippen LogP contribution in [0.3, 0.4) is 0 Å². The molecule has 27 heavy (non-hydrogen) atoms. The van der Waals surface area contributed by atoms with Crippen molar-refractivity contribution in [1.29, 1.82) is 0 Å². The van der Waals surface area contributed by atoms with Gasteiger partial charge in [0.15, 0.2) is 12.6 Å². The van der Waals surface area contributed by atoms with Gasteiger partial charge in [-0.05, 0) is 43.6 Å². The van der Waals surface area contributed by atoms with Gasteiger partial charge in [0.2, 0.25) is 0 Å². The zero-order valence-electron chi connectivity index (χ0n) is 16.5. The predicted octanol–water partition coefficient (Wildman–Crippen LogP) is 1.66. The number of nitrogens with one attached hydrogen (secondary N) is 1. The number of halogens is 1. The molecule has 1 aromatic carbocycles. The van der Waals surface area contributed by atoms with Crippen molar-refractivity contribution in [1.82, 2.24) is 15.1 Å². The average Bonchev–Trinajstić information content (AvgIpc) is 3.08. The lowest BCUT2D eigenvalue weighted by molar-refractivity contribution is -0.119. The second-order valence-corrected chi connectivity index (χ2v) is 6.61. The maximum atomic E-state index is 10.8. The lowest BCUT2D eigenvalue weighted by Gasteiger charge is -2.29. The van der Waals surface area contributed by atoms with Gasteiger partial charge in [-0.1, -0.05) is 19.1 Å². The van der Waals surface area contributed by atoms with Crippen LogP contribution < -0.4 is 15.8 Å². The number of hydrogen-bond donors (Lipinski definition) is 2.